The highest BCUT2D eigenvalue weighted by atomic mass is 35.5. The maximum atomic E-state index is 11.3. The first-order valence-corrected chi connectivity index (χ1v) is 6.25. The standard InChI is InChI=1S/C16H15NO.ClH/c18-16-11-15(12-16)17(13-7-3-1-4-8-13)14-9-5-2-6-10-14;/h1-10,15H,11-12H2;1H. The van der Waals surface area contributed by atoms with Gasteiger partial charge in [-0.05, 0) is 24.3 Å². The lowest BCUT2D eigenvalue weighted by molar-refractivity contribution is -0.124. The number of Topliss-reactive ketones (excluding diaryl/α,β-unsaturated/α-hetero) is 1. The molecule has 1 saturated carbocycles. The Labute approximate surface area is 119 Å². The molecular weight excluding hydrogens is 258 g/mol. The van der Waals surface area contributed by atoms with Crippen molar-refractivity contribution >= 4 is 29.6 Å². The molecule has 0 radical (unpaired) electrons. The van der Waals surface area contributed by atoms with Gasteiger partial charge in [-0.1, -0.05) is 36.4 Å². The van der Waals surface area contributed by atoms with Crippen molar-refractivity contribution in [2.24, 2.45) is 0 Å². The second kappa shape index (κ2) is 5.89. The van der Waals surface area contributed by atoms with Crippen molar-refractivity contribution in [3.63, 3.8) is 0 Å². The number of para-hydroxylation sites is 2. The molecule has 0 aliphatic heterocycles. The van der Waals surface area contributed by atoms with E-state index in [1.54, 1.807) is 0 Å². The van der Waals surface area contributed by atoms with E-state index in [2.05, 4.69) is 29.2 Å². The van der Waals surface area contributed by atoms with Gasteiger partial charge in [0.05, 0.1) is 0 Å². The van der Waals surface area contributed by atoms with E-state index in [0.29, 0.717) is 24.7 Å². The number of hydrogen-bond donors (Lipinski definition) is 0. The van der Waals surface area contributed by atoms with E-state index in [1.165, 1.54) is 0 Å². The number of ketones is 1. The van der Waals surface area contributed by atoms with Crippen LogP contribution in [0.1, 0.15) is 12.8 Å². The summed E-state index contributed by atoms with van der Waals surface area (Å²) in [6.45, 7) is 0. The summed E-state index contributed by atoms with van der Waals surface area (Å²) in [4.78, 5) is 13.5. The minimum Gasteiger partial charge on any atom is -0.337 e. The number of carbonyl (C=O) groups is 1. The fourth-order valence-electron chi connectivity index (χ4n) is 2.40. The van der Waals surface area contributed by atoms with E-state index in [1.807, 2.05) is 36.4 Å². The first-order valence-electron chi connectivity index (χ1n) is 6.25. The topological polar surface area (TPSA) is 20.3 Å². The second-order valence-corrected chi connectivity index (χ2v) is 4.64. The summed E-state index contributed by atoms with van der Waals surface area (Å²) < 4.78 is 0. The van der Waals surface area contributed by atoms with Crippen molar-refractivity contribution in [3.8, 4) is 0 Å². The molecule has 1 aliphatic rings. The van der Waals surface area contributed by atoms with Gasteiger partial charge in [0, 0.05) is 30.3 Å². The summed E-state index contributed by atoms with van der Waals surface area (Å²) in [6.07, 6.45) is 1.31. The largest absolute Gasteiger partial charge is 0.337 e. The quantitative estimate of drug-likeness (QED) is 0.843. The average Bonchev–Trinajstić information content (AvgIpc) is 2.40. The van der Waals surface area contributed by atoms with Crippen LogP contribution in [0, 0.1) is 0 Å². The van der Waals surface area contributed by atoms with Crippen LogP contribution < -0.4 is 4.90 Å². The summed E-state index contributed by atoms with van der Waals surface area (Å²) in [5.74, 6) is 0.358. The van der Waals surface area contributed by atoms with E-state index >= 15 is 0 Å². The number of halogens is 1. The zero-order chi connectivity index (χ0) is 12.4. The fourth-order valence-corrected chi connectivity index (χ4v) is 2.40. The zero-order valence-corrected chi connectivity index (χ0v) is 11.3. The van der Waals surface area contributed by atoms with E-state index in [-0.39, 0.29) is 12.4 Å². The Bertz CT molecular complexity index is 494. The molecule has 0 atom stereocenters. The predicted octanol–water partition coefficient (Wildman–Crippen LogP) is 3.98. The molecule has 0 aromatic heterocycles. The molecule has 0 heterocycles. The highest BCUT2D eigenvalue weighted by Crippen LogP contribution is 2.34. The third kappa shape index (κ3) is 2.79. The number of nitrogens with zero attached hydrogens (tertiary/aromatic N) is 1. The molecular formula is C16H16ClNO. The Kier molecular flexibility index (Phi) is 4.23. The van der Waals surface area contributed by atoms with Crippen molar-refractivity contribution in [2.75, 3.05) is 4.90 Å². The highest BCUT2D eigenvalue weighted by Gasteiger charge is 2.32. The van der Waals surface area contributed by atoms with Crippen molar-refractivity contribution in [1.29, 1.82) is 0 Å². The van der Waals surface area contributed by atoms with Crippen LogP contribution in [0.4, 0.5) is 11.4 Å². The van der Waals surface area contributed by atoms with Gasteiger partial charge in [-0.25, -0.2) is 0 Å². The summed E-state index contributed by atoms with van der Waals surface area (Å²) >= 11 is 0. The molecule has 2 nitrogen and oxygen atoms in total. The lowest BCUT2D eigenvalue weighted by atomic mass is 9.89. The van der Waals surface area contributed by atoms with Crippen LogP contribution in [0.3, 0.4) is 0 Å². The van der Waals surface area contributed by atoms with Crippen LogP contribution in [-0.4, -0.2) is 11.8 Å². The number of anilines is 2. The summed E-state index contributed by atoms with van der Waals surface area (Å²) in [5.41, 5.74) is 2.31. The molecule has 0 unspecified atom stereocenters. The van der Waals surface area contributed by atoms with Crippen molar-refractivity contribution < 1.29 is 4.79 Å². The van der Waals surface area contributed by atoms with Crippen LogP contribution in [-0.2, 0) is 4.79 Å². The monoisotopic (exact) mass is 273 g/mol. The average molecular weight is 274 g/mol. The minimum atomic E-state index is 0. The van der Waals surface area contributed by atoms with Crippen molar-refractivity contribution in [2.45, 2.75) is 18.9 Å². The van der Waals surface area contributed by atoms with Gasteiger partial charge in [0.15, 0.2) is 0 Å². The number of rotatable bonds is 3. The summed E-state index contributed by atoms with van der Waals surface area (Å²) in [7, 11) is 0. The third-order valence-corrected chi connectivity index (χ3v) is 3.36. The number of hydrogen-bond acceptors (Lipinski definition) is 2. The van der Waals surface area contributed by atoms with Gasteiger partial charge in [0.1, 0.15) is 5.78 Å². The van der Waals surface area contributed by atoms with E-state index in [0.717, 1.165) is 11.4 Å². The first kappa shape index (κ1) is 13.6. The molecule has 3 heteroatoms. The van der Waals surface area contributed by atoms with Gasteiger partial charge in [0.25, 0.3) is 0 Å². The van der Waals surface area contributed by atoms with Gasteiger partial charge >= 0.3 is 0 Å². The van der Waals surface area contributed by atoms with Gasteiger partial charge < -0.3 is 4.90 Å². The van der Waals surface area contributed by atoms with Crippen LogP contribution in [0.2, 0.25) is 0 Å². The molecule has 2 aromatic rings. The normalized spacial score (nSPS) is 14.4. The van der Waals surface area contributed by atoms with Crippen molar-refractivity contribution in [3.05, 3.63) is 60.7 Å². The SMILES string of the molecule is Cl.O=C1CC(N(c2ccccc2)c2ccccc2)C1. The maximum absolute atomic E-state index is 11.3. The van der Waals surface area contributed by atoms with Crippen LogP contribution in [0.25, 0.3) is 0 Å². The Morgan fingerprint density at radius 1 is 0.789 bits per heavy atom. The number of benzene rings is 2. The molecule has 1 aliphatic carbocycles. The Morgan fingerprint density at radius 2 is 1.21 bits per heavy atom. The molecule has 0 amide bonds. The number of carbonyl (C=O) groups excluding carboxylic acids is 1. The van der Waals surface area contributed by atoms with Gasteiger partial charge in [-0.2, -0.15) is 0 Å². The third-order valence-electron chi connectivity index (χ3n) is 3.36. The predicted molar refractivity (Wildman–Crippen MR) is 80.3 cm³/mol. The minimum absolute atomic E-state index is 0. The lowest BCUT2D eigenvalue weighted by Gasteiger charge is -2.38. The molecule has 0 N–H and O–H groups in total. The molecule has 19 heavy (non-hydrogen) atoms. The van der Waals surface area contributed by atoms with Crippen LogP contribution >= 0.6 is 12.4 Å². The molecule has 1 fully saturated rings. The molecule has 0 spiro atoms. The molecule has 0 bridgehead atoms. The van der Waals surface area contributed by atoms with Gasteiger partial charge in [-0.3, -0.25) is 4.79 Å². The molecule has 2 aromatic carbocycles. The Morgan fingerprint density at radius 3 is 1.58 bits per heavy atom. The van der Waals surface area contributed by atoms with Gasteiger partial charge in [-0.15, -0.1) is 12.4 Å². The molecule has 0 saturated heterocycles. The van der Waals surface area contributed by atoms with E-state index in [9.17, 15) is 4.79 Å². The first-order chi connectivity index (χ1) is 8.84. The van der Waals surface area contributed by atoms with Crippen LogP contribution in [0.15, 0.2) is 60.7 Å². The van der Waals surface area contributed by atoms with E-state index in [4.69, 9.17) is 0 Å². The Balaban J connectivity index is 0.00000133. The molecule has 98 valence electrons. The smallest absolute Gasteiger partial charge is 0.137 e. The zero-order valence-electron chi connectivity index (χ0n) is 10.5. The maximum Gasteiger partial charge on any atom is 0.137 e. The summed E-state index contributed by atoms with van der Waals surface area (Å²) in [6, 6.07) is 20.8. The van der Waals surface area contributed by atoms with Gasteiger partial charge in [0.2, 0.25) is 0 Å². The van der Waals surface area contributed by atoms with Crippen LogP contribution in [0.5, 0.6) is 0 Å². The summed E-state index contributed by atoms with van der Waals surface area (Å²) in [5, 5.41) is 0. The lowest BCUT2D eigenvalue weighted by Crippen LogP contribution is -2.42. The van der Waals surface area contributed by atoms with Crippen molar-refractivity contribution in [1.82, 2.24) is 0 Å². The highest BCUT2D eigenvalue weighted by molar-refractivity contribution is 5.88. The molecule has 3 rings (SSSR count). The fraction of sp³-hybridized carbons (Fsp3) is 0.188. The van der Waals surface area contributed by atoms with E-state index < -0.39 is 0 Å². The second-order valence-electron chi connectivity index (χ2n) is 4.64. The Hall–Kier alpha value is -1.80.